The molecule has 0 atom stereocenters. The Bertz CT molecular complexity index is 1150. The number of piperidine rings is 1. The van der Waals surface area contributed by atoms with Crippen LogP contribution in [0.15, 0.2) is 51.8 Å². The van der Waals surface area contributed by atoms with Crippen molar-refractivity contribution >= 4 is 32.8 Å². The Hall–Kier alpha value is -2.98. The molecule has 1 aromatic heterocycles. The highest BCUT2D eigenvalue weighted by Gasteiger charge is 2.26. The molecule has 30 heavy (non-hydrogen) atoms. The normalized spacial score (nSPS) is 15.6. The Kier molecular flexibility index (Phi) is 5.44. The Labute approximate surface area is 173 Å². The highest BCUT2D eigenvalue weighted by atomic mass is 32.2. The molecular formula is C20H22N4O5S. The van der Waals surface area contributed by atoms with Gasteiger partial charge in [0.05, 0.1) is 9.82 Å². The summed E-state index contributed by atoms with van der Waals surface area (Å²) in [6, 6.07) is 12.0. The first-order valence-electron chi connectivity index (χ1n) is 9.69. The lowest BCUT2D eigenvalue weighted by atomic mass is 9.97. The summed E-state index contributed by atoms with van der Waals surface area (Å²) in [6.07, 6.45) is 1.57. The van der Waals surface area contributed by atoms with Gasteiger partial charge in [0.25, 0.3) is 11.7 Å². The van der Waals surface area contributed by atoms with Crippen LogP contribution in [-0.4, -0.2) is 38.0 Å². The maximum absolute atomic E-state index is 12.7. The van der Waals surface area contributed by atoms with Gasteiger partial charge in [-0.1, -0.05) is 18.2 Å². The first-order valence-corrected chi connectivity index (χ1v) is 11.2. The van der Waals surface area contributed by atoms with Crippen molar-refractivity contribution in [3.05, 3.63) is 58.1 Å². The average molecular weight is 430 g/mol. The van der Waals surface area contributed by atoms with Crippen LogP contribution in [0, 0.1) is 23.0 Å². The summed E-state index contributed by atoms with van der Waals surface area (Å²) in [4.78, 5) is 16.9. The third-order valence-electron chi connectivity index (χ3n) is 5.40. The third kappa shape index (κ3) is 4.14. The second-order valence-electron chi connectivity index (χ2n) is 7.45. The van der Waals surface area contributed by atoms with Gasteiger partial charge in [0.15, 0.2) is 5.58 Å². The van der Waals surface area contributed by atoms with Crippen LogP contribution in [0.4, 0.5) is 11.7 Å². The van der Waals surface area contributed by atoms with Crippen LogP contribution >= 0.6 is 0 Å². The van der Waals surface area contributed by atoms with E-state index >= 15 is 0 Å². The van der Waals surface area contributed by atoms with Crippen LogP contribution in [0.3, 0.4) is 0 Å². The standard InChI is InChI=1S/C20H22N4O5S/c1-14-6-7-16(24(25)26)12-19(14)30(27,28)21-13-15-8-10-23(11-9-15)20-22-17-4-2-3-5-18(17)29-20/h2-7,12,15,21H,8-11,13H2,1H3. The molecule has 4 rings (SSSR count). The molecule has 9 nitrogen and oxygen atoms in total. The molecule has 0 spiro atoms. The zero-order chi connectivity index (χ0) is 21.3. The lowest BCUT2D eigenvalue weighted by Crippen LogP contribution is -2.38. The molecule has 1 fully saturated rings. The molecule has 0 amide bonds. The minimum absolute atomic E-state index is 0.0550. The van der Waals surface area contributed by atoms with E-state index < -0.39 is 14.9 Å². The number of nitrogens with one attached hydrogen (secondary N) is 1. The second kappa shape index (κ2) is 8.04. The van der Waals surface area contributed by atoms with Crippen molar-refractivity contribution in [2.45, 2.75) is 24.7 Å². The van der Waals surface area contributed by atoms with E-state index in [1.165, 1.54) is 12.1 Å². The number of nitro benzene ring substituents is 1. The van der Waals surface area contributed by atoms with Crippen LogP contribution in [0.5, 0.6) is 0 Å². The second-order valence-corrected chi connectivity index (χ2v) is 9.19. The van der Waals surface area contributed by atoms with E-state index in [9.17, 15) is 18.5 Å². The fourth-order valence-corrected chi connectivity index (χ4v) is 5.00. The van der Waals surface area contributed by atoms with Crippen LogP contribution < -0.4 is 9.62 Å². The Morgan fingerprint density at radius 1 is 1.23 bits per heavy atom. The highest BCUT2D eigenvalue weighted by molar-refractivity contribution is 7.89. The molecule has 10 heteroatoms. The zero-order valence-electron chi connectivity index (χ0n) is 16.4. The number of benzene rings is 2. The Balaban J connectivity index is 1.37. The molecule has 158 valence electrons. The van der Waals surface area contributed by atoms with Crippen molar-refractivity contribution in [1.29, 1.82) is 0 Å². The minimum Gasteiger partial charge on any atom is -0.423 e. The number of nitrogens with zero attached hydrogens (tertiary/aromatic N) is 3. The topological polar surface area (TPSA) is 119 Å². The van der Waals surface area contributed by atoms with Crippen molar-refractivity contribution in [3.63, 3.8) is 0 Å². The van der Waals surface area contributed by atoms with Crippen molar-refractivity contribution in [1.82, 2.24) is 9.71 Å². The fourth-order valence-electron chi connectivity index (χ4n) is 3.62. The molecule has 0 aliphatic carbocycles. The summed E-state index contributed by atoms with van der Waals surface area (Å²) in [5, 5.41) is 11.0. The molecule has 1 saturated heterocycles. The number of rotatable bonds is 6. The van der Waals surface area contributed by atoms with Gasteiger partial charge in [0.1, 0.15) is 5.52 Å². The Morgan fingerprint density at radius 2 is 1.97 bits per heavy atom. The predicted molar refractivity (Wildman–Crippen MR) is 112 cm³/mol. The van der Waals surface area contributed by atoms with Gasteiger partial charge in [-0.2, -0.15) is 4.98 Å². The molecular weight excluding hydrogens is 408 g/mol. The van der Waals surface area contributed by atoms with Crippen molar-refractivity contribution in [2.75, 3.05) is 24.5 Å². The summed E-state index contributed by atoms with van der Waals surface area (Å²) in [5.74, 6) is 0.166. The number of aryl methyl sites for hydroxylation is 1. The number of non-ortho nitro benzene ring substituents is 1. The monoisotopic (exact) mass is 430 g/mol. The summed E-state index contributed by atoms with van der Waals surface area (Å²) in [5.41, 5.74) is 1.79. The minimum atomic E-state index is -3.83. The molecule has 0 unspecified atom stereocenters. The van der Waals surface area contributed by atoms with Gasteiger partial charge >= 0.3 is 0 Å². The van der Waals surface area contributed by atoms with E-state index in [0.29, 0.717) is 11.6 Å². The van der Waals surface area contributed by atoms with Crippen molar-refractivity contribution in [3.8, 4) is 0 Å². The fraction of sp³-hybridized carbons (Fsp3) is 0.350. The van der Waals surface area contributed by atoms with E-state index in [1.54, 1.807) is 6.92 Å². The van der Waals surface area contributed by atoms with Crippen LogP contribution in [-0.2, 0) is 10.0 Å². The number of hydrogen-bond donors (Lipinski definition) is 1. The van der Waals surface area contributed by atoms with Gasteiger partial charge < -0.3 is 9.32 Å². The number of anilines is 1. The number of aromatic nitrogens is 1. The van der Waals surface area contributed by atoms with Crippen molar-refractivity contribution < 1.29 is 17.8 Å². The molecule has 3 aromatic rings. The van der Waals surface area contributed by atoms with Crippen molar-refractivity contribution in [2.24, 2.45) is 5.92 Å². The lowest BCUT2D eigenvalue weighted by Gasteiger charge is -2.30. The maximum atomic E-state index is 12.7. The van der Waals surface area contributed by atoms with Gasteiger partial charge in [-0.25, -0.2) is 13.1 Å². The number of para-hydroxylation sites is 2. The number of fused-ring (bicyclic) bond motifs is 1. The van der Waals surface area contributed by atoms with Crippen LogP contribution in [0.2, 0.25) is 0 Å². The highest BCUT2D eigenvalue weighted by Crippen LogP contribution is 2.27. The van der Waals surface area contributed by atoms with Crippen LogP contribution in [0.25, 0.3) is 11.1 Å². The SMILES string of the molecule is Cc1ccc([N+](=O)[O-])cc1S(=O)(=O)NCC1CCN(c2nc3ccccc3o2)CC1. The average Bonchev–Trinajstić information content (AvgIpc) is 3.17. The summed E-state index contributed by atoms with van der Waals surface area (Å²) in [6.45, 7) is 3.34. The van der Waals surface area contributed by atoms with Gasteiger partial charge in [-0.05, 0) is 43.4 Å². The largest absolute Gasteiger partial charge is 0.423 e. The van der Waals surface area contributed by atoms with Gasteiger partial charge in [-0.3, -0.25) is 10.1 Å². The molecule has 1 N–H and O–H groups in total. The summed E-state index contributed by atoms with van der Waals surface area (Å²) in [7, 11) is -3.83. The Morgan fingerprint density at radius 3 is 2.67 bits per heavy atom. The smallest absolute Gasteiger partial charge is 0.298 e. The molecule has 2 heterocycles. The first-order chi connectivity index (χ1) is 14.3. The van der Waals surface area contributed by atoms with Gasteiger partial charge in [0.2, 0.25) is 10.0 Å². The molecule has 0 radical (unpaired) electrons. The van der Waals surface area contributed by atoms with E-state index in [-0.39, 0.29) is 23.0 Å². The third-order valence-corrected chi connectivity index (χ3v) is 6.97. The maximum Gasteiger partial charge on any atom is 0.298 e. The first kappa shape index (κ1) is 20.3. The molecule has 1 aliphatic heterocycles. The van der Waals surface area contributed by atoms with E-state index in [1.807, 2.05) is 24.3 Å². The molecule has 2 aromatic carbocycles. The predicted octanol–water partition coefficient (Wildman–Crippen LogP) is 3.24. The zero-order valence-corrected chi connectivity index (χ0v) is 17.3. The van der Waals surface area contributed by atoms with Crippen LogP contribution in [0.1, 0.15) is 18.4 Å². The number of oxazole rings is 1. The lowest BCUT2D eigenvalue weighted by molar-refractivity contribution is -0.385. The summed E-state index contributed by atoms with van der Waals surface area (Å²) < 4.78 is 33.8. The van der Waals surface area contributed by atoms with Gasteiger partial charge in [-0.15, -0.1) is 0 Å². The quantitative estimate of drug-likeness (QED) is 0.471. The molecule has 0 saturated carbocycles. The molecule has 1 aliphatic rings. The van der Waals surface area contributed by atoms with E-state index in [2.05, 4.69) is 14.6 Å². The number of sulfonamides is 1. The van der Waals surface area contributed by atoms with E-state index in [0.717, 1.165) is 43.1 Å². The van der Waals surface area contributed by atoms with E-state index in [4.69, 9.17) is 4.42 Å². The number of nitro groups is 1. The summed E-state index contributed by atoms with van der Waals surface area (Å²) >= 11 is 0. The number of hydrogen-bond acceptors (Lipinski definition) is 7. The van der Waals surface area contributed by atoms with Gasteiger partial charge in [0, 0.05) is 31.8 Å². The molecule has 0 bridgehead atoms.